The second kappa shape index (κ2) is 9.37. The Morgan fingerprint density at radius 2 is 2.00 bits per heavy atom. The lowest BCUT2D eigenvalue weighted by Gasteiger charge is -2.12. The summed E-state index contributed by atoms with van der Waals surface area (Å²) in [4.78, 5) is 13.2. The number of anilines is 1. The van der Waals surface area contributed by atoms with Crippen molar-refractivity contribution in [2.24, 2.45) is 5.84 Å². The topological polar surface area (TPSA) is 89.3 Å². The molecule has 1 aromatic heterocycles. The molecule has 7 heteroatoms. The molecule has 6 nitrogen and oxygen atoms in total. The van der Waals surface area contributed by atoms with Crippen LogP contribution in [0, 0.1) is 19.7 Å². The van der Waals surface area contributed by atoms with Gasteiger partial charge >= 0.3 is 0 Å². The molecule has 0 aliphatic heterocycles. The van der Waals surface area contributed by atoms with Gasteiger partial charge in [0.25, 0.3) is 0 Å². The fraction of sp³-hybridized carbons (Fsp3) is 0.250. The van der Waals surface area contributed by atoms with Crippen LogP contribution < -0.4 is 21.3 Å². The Morgan fingerprint density at radius 1 is 1.30 bits per heavy atom. The minimum Gasteiger partial charge on any atom is -0.472 e. The fourth-order valence-corrected chi connectivity index (χ4v) is 1.83. The van der Waals surface area contributed by atoms with Gasteiger partial charge in [-0.25, -0.2) is 15.2 Å². The number of nitrogens with zero attached hydrogens (tertiary/aromatic N) is 1. The van der Waals surface area contributed by atoms with E-state index in [1.807, 2.05) is 32.0 Å². The van der Waals surface area contributed by atoms with Gasteiger partial charge in [-0.05, 0) is 32.0 Å². The third kappa shape index (κ3) is 5.55. The van der Waals surface area contributed by atoms with Gasteiger partial charge < -0.3 is 10.1 Å². The van der Waals surface area contributed by atoms with E-state index in [0.29, 0.717) is 17.9 Å². The molecule has 124 valence electrons. The summed E-state index contributed by atoms with van der Waals surface area (Å²) in [6.45, 7) is 3.97. The van der Waals surface area contributed by atoms with Crippen LogP contribution in [0.25, 0.3) is 0 Å². The molecule has 2 rings (SSSR count). The van der Waals surface area contributed by atoms with Crippen LogP contribution in [0.3, 0.4) is 0 Å². The van der Waals surface area contributed by atoms with Gasteiger partial charge in [0.05, 0.1) is 0 Å². The van der Waals surface area contributed by atoms with Crippen LogP contribution >= 0.6 is 0 Å². The first kappa shape index (κ1) is 18.4. The lowest BCUT2D eigenvalue weighted by atomic mass is 10.2. The monoisotopic (exact) mass is 320 g/mol. The Morgan fingerprint density at radius 3 is 2.61 bits per heavy atom. The summed E-state index contributed by atoms with van der Waals surface area (Å²) < 4.78 is 19.4. The summed E-state index contributed by atoms with van der Waals surface area (Å²) in [5, 5.41) is 2.96. The van der Waals surface area contributed by atoms with Crippen molar-refractivity contribution < 1.29 is 13.9 Å². The van der Waals surface area contributed by atoms with Crippen LogP contribution in [0.2, 0.25) is 0 Å². The molecule has 0 aliphatic rings. The number of hydrogen-bond donors (Lipinski definition) is 3. The van der Waals surface area contributed by atoms with Crippen LogP contribution in [-0.2, 0) is 11.4 Å². The Bertz CT molecular complexity index is 650. The fourth-order valence-electron chi connectivity index (χ4n) is 1.83. The van der Waals surface area contributed by atoms with Gasteiger partial charge in [-0.15, -0.1) is 0 Å². The van der Waals surface area contributed by atoms with E-state index in [2.05, 4.69) is 16.1 Å². The Labute approximate surface area is 134 Å². The number of benzene rings is 1. The van der Waals surface area contributed by atoms with Crippen molar-refractivity contribution in [3.05, 3.63) is 53.0 Å². The highest BCUT2D eigenvalue weighted by molar-refractivity contribution is 5.51. The number of aromatic nitrogens is 1. The molecule has 0 bridgehead atoms. The van der Waals surface area contributed by atoms with Crippen LogP contribution in [0.15, 0.2) is 30.3 Å². The van der Waals surface area contributed by atoms with Crippen molar-refractivity contribution in [2.45, 2.75) is 20.5 Å². The van der Waals surface area contributed by atoms with Gasteiger partial charge in [-0.1, -0.05) is 12.1 Å². The number of nitrogens with one attached hydrogen (secondary N) is 2. The number of hydrogen-bond acceptors (Lipinski definition) is 5. The maximum atomic E-state index is 13.8. The normalized spacial score (nSPS) is 9.43. The van der Waals surface area contributed by atoms with E-state index in [1.165, 1.54) is 6.07 Å². The molecule has 23 heavy (non-hydrogen) atoms. The van der Waals surface area contributed by atoms with Crippen molar-refractivity contribution in [2.75, 3.05) is 12.4 Å². The molecule has 0 spiro atoms. The maximum absolute atomic E-state index is 13.8. The molecule has 2 aromatic rings. The van der Waals surface area contributed by atoms with Gasteiger partial charge in [-0.3, -0.25) is 10.2 Å². The summed E-state index contributed by atoms with van der Waals surface area (Å²) in [6.07, 6.45) is 0.403. The van der Waals surface area contributed by atoms with Gasteiger partial charge in [-0.2, -0.15) is 0 Å². The number of pyridine rings is 1. The molecule has 1 amide bonds. The number of hydrazine groups is 1. The molecule has 0 fully saturated rings. The van der Waals surface area contributed by atoms with Crippen molar-refractivity contribution in [1.82, 2.24) is 10.4 Å². The first-order valence-corrected chi connectivity index (χ1v) is 6.95. The highest BCUT2D eigenvalue weighted by Gasteiger charge is 2.09. The zero-order chi connectivity index (χ0) is 17.2. The molecule has 0 atom stereocenters. The summed E-state index contributed by atoms with van der Waals surface area (Å²) in [5.41, 5.74) is 4.80. The molecule has 0 aliphatic carbocycles. The summed E-state index contributed by atoms with van der Waals surface area (Å²) in [5.74, 6) is 4.68. The smallest absolute Gasteiger partial charge is 0.221 e. The number of carbonyl (C=O) groups excluding carboxylic acids is 1. The van der Waals surface area contributed by atoms with Crippen molar-refractivity contribution >= 4 is 12.1 Å². The van der Waals surface area contributed by atoms with E-state index in [0.717, 1.165) is 16.9 Å². The molecule has 0 saturated heterocycles. The first-order valence-electron chi connectivity index (χ1n) is 6.95. The number of carbonyl (C=O) groups is 1. The highest BCUT2D eigenvalue weighted by Crippen LogP contribution is 2.22. The lowest BCUT2D eigenvalue weighted by Crippen LogP contribution is -2.18. The van der Waals surface area contributed by atoms with E-state index >= 15 is 0 Å². The molecule has 0 radical (unpaired) electrons. The Balaban J connectivity index is 0.000000593. The van der Waals surface area contributed by atoms with E-state index in [-0.39, 0.29) is 12.4 Å². The number of amides is 1. The van der Waals surface area contributed by atoms with Crippen LogP contribution in [0.4, 0.5) is 10.1 Å². The number of aryl methyl sites for hydroxylation is 2. The van der Waals surface area contributed by atoms with E-state index in [4.69, 9.17) is 9.53 Å². The minimum absolute atomic E-state index is 0.153. The molecule has 1 heterocycles. The maximum Gasteiger partial charge on any atom is 0.221 e. The van der Waals surface area contributed by atoms with E-state index < -0.39 is 0 Å². The van der Waals surface area contributed by atoms with Crippen molar-refractivity contribution in [1.29, 1.82) is 0 Å². The molecular formula is C16H21FN4O2. The first-order chi connectivity index (χ1) is 11.0. The molecule has 0 unspecified atom stereocenters. The van der Waals surface area contributed by atoms with Crippen LogP contribution in [0.1, 0.15) is 16.8 Å². The number of halogens is 1. The second-order valence-electron chi connectivity index (χ2n) is 4.66. The minimum atomic E-state index is -0.280. The SMILES string of the molecule is CNc1cccc(F)c1COc1nc(C)ccc1C.NNC=O. The zero-order valence-electron chi connectivity index (χ0n) is 13.4. The van der Waals surface area contributed by atoms with Crippen molar-refractivity contribution in [3.63, 3.8) is 0 Å². The quantitative estimate of drug-likeness (QED) is 0.340. The van der Waals surface area contributed by atoms with Crippen molar-refractivity contribution in [3.8, 4) is 5.88 Å². The molecule has 0 saturated carbocycles. The van der Waals surface area contributed by atoms with Gasteiger partial charge in [0.1, 0.15) is 12.4 Å². The summed E-state index contributed by atoms with van der Waals surface area (Å²) >= 11 is 0. The molecule has 1 aromatic carbocycles. The standard InChI is InChI=1S/C15H17FN2O.CH4N2O/c1-10-7-8-11(2)18-15(10)19-9-12-13(16)5-4-6-14(12)17-3;2-3-1-4/h4-8,17H,9H2,1-3H3;1H,2H2,(H,3,4). The average molecular weight is 320 g/mol. The average Bonchev–Trinajstić information content (AvgIpc) is 2.56. The molecule has 4 N–H and O–H groups in total. The number of ether oxygens (including phenoxy) is 1. The van der Waals surface area contributed by atoms with Crippen LogP contribution in [-0.4, -0.2) is 18.4 Å². The Hall–Kier alpha value is -2.67. The second-order valence-corrected chi connectivity index (χ2v) is 4.66. The summed E-state index contributed by atoms with van der Waals surface area (Å²) in [6, 6.07) is 8.78. The third-order valence-corrected chi connectivity index (χ3v) is 3.00. The largest absolute Gasteiger partial charge is 0.472 e. The van der Waals surface area contributed by atoms with Gasteiger partial charge in [0, 0.05) is 29.6 Å². The summed E-state index contributed by atoms with van der Waals surface area (Å²) in [7, 11) is 1.76. The number of nitrogens with two attached hydrogens (primary N) is 1. The predicted octanol–water partition coefficient (Wildman–Crippen LogP) is 2.06. The zero-order valence-corrected chi connectivity index (χ0v) is 13.4. The van der Waals surface area contributed by atoms with E-state index in [9.17, 15) is 4.39 Å². The van der Waals surface area contributed by atoms with Crippen LogP contribution in [0.5, 0.6) is 5.88 Å². The van der Waals surface area contributed by atoms with E-state index in [1.54, 1.807) is 18.5 Å². The predicted molar refractivity (Wildman–Crippen MR) is 87.4 cm³/mol. The number of rotatable bonds is 5. The third-order valence-electron chi connectivity index (χ3n) is 3.00. The van der Waals surface area contributed by atoms with Gasteiger partial charge in [0.15, 0.2) is 0 Å². The lowest BCUT2D eigenvalue weighted by molar-refractivity contribution is -0.109. The highest BCUT2D eigenvalue weighted by atomic mass is 19.1. The van der Waals surface area contributed by atoms with Gasteiger partial charge in [0.2, 0.25) is 12.3 Å². The Kier molecular flexibility index (Phi) is 7.49. The molecular weight excluding hydrogens is 299 g/mol.